The molecule has 1 heterocycles. The van der Waals surface area contributed by atoms with E-state index in [1.165, 1.54) is 0 Å². The molecule has 0 amide bonds. The van der Waals surface area contributed by atoms with Gasteiger partial charge in [-0.1, -0.05) is 0 Å². The molecule has 0 aromatic carbocycles. The molecule has 0 atom stereocenters. The smallest absolute Gasteiger partial charge is 0.146 e. The first-order chi connectivity index (χ1) is 9.20. The van der Waals surface area contributed by atoms with Crippen LogP contribution in [0.25, 0.3) is 0 Å². The first-order valence-corrected chi connectivity index (χ1v) is 6.44. The van der Waals surface area contributed by atoms with Crippen LogP contribution in [0.4, 0.5) is 5.69 Å². The largest absolute Gasteiger partial charge is 0.397 e. The SMILES string of the molecule is COCOC1CCC(C#N)(c2ccc(N)cn2)CC1. The number of methoxy groups -OCH3 is 1. The molecule has 1 fully saturated rings. The lowest BCUT2D eigenvalue weighted by Gasteiger charge is -2.34. The summed E-state index contributed by atoms with van der Waals surface area (Å²) in [6.07, 6.45) is 5.01. The minimum atomic E-state index is -0.499. The highest BCUT2D eigenvalue weighted by Crippen LogP contribution is 2.39. The quantitative estimate of drug-likeness (QED) is 0.838. The maximum absolute atomic E-state index is 9.54. The number of aromatic nitrogens is 1. The van der Waals surface area contributed by atoms with Gasteiger partial charge in [-0.3, -0.25) is 4.98 Å². The van der Waals surface area contributed by atoms with E-state index in [1.54, 1.807) is 19.4 Å². The van der Waals surface area contributed by atoms with E-state index in [1.807, 2.05) is 6.07 Å². The molecule has 1 aromatic rings. The third-order valence-electron chi connectivity index (χ3n) is 3.70. The normalized spacial score (nSPS) is 26.8. The second kappa shape index (κ2) is 6.00. The number of hydrogen-bond acceptors (Lipinski definition) is 5. The van der Waals surface area contributed by atoms with E-state index in [4.69, 9.17) is 15.2 Å². The summed E-state index contributed by atoms with van der Waals surface area (Å²) in [6, 6.07) is 6.10. The number of hydrogen-bond donors (Lipinski definition) is 1. The summed E-state index contributed by atoms with van der Waals surface area (Å²) >= 11 is 0. The molecule has 0 unspecified atom stereocenters. The summed E-state index contributed by atoms with van der Waals surface area (Å²) in [4.78, 5) is 4.32. The summed E-state index contributed by atoms with van der Waals surface area (Å²) < 4.78 is 10.5. The first kappa shape index (κ1) is 13.8. The van der Waals surface area contributed by atoms with E-state index in [0.29, 0.717) is 12.5 Å². The number of nitrogens with two attached hydrogens (primary N) is 1. The maximum Gasteiger partial charge on any atom is 0.146 e. The molecule has 1 saturated carbocycles. The third-order valence-corrected chi connectivity index (χ3v) is 3.70. The Morgan fingerprint density at radius 2 is 2.21 bits per heavy atom. The zero-order valence-corrected chi connectivity index (χ0v) is 11.1. The molecule has 1 aliphatic carbocycles. The van der Waals surface area contributed by atoms with Crippen molar-refractivity contribution < 1.29 is 9.47 Å². The minimum absolute atomic E-state index is 0.176. The van der Waals surface area contributed by atoms with Crippen molar-refractivity contribution in [2.75, 3.05) is 19.6 Å². The van der Waals surface area contributed by atoms with E-state index < -0.39 is 5.41 Å². The molecular weight excluding hydrogens is 242 g/mol. The van der Waals surface area contributed by atoms with Crippen molar-refractivity contribution in [3.63, 3.8) is 0 Å². The van der Waals surface area contributed by atoms with Crippen LogP contribution in [0.5, 0.6) is 0 Å². The lowest BCUT2D eigenvalue weighted by molar-refractivity contribution is -0.0857. The van der Waals surface area contributed by atoms with E-state index in [0.717, 1.165) is 31.4 Å². The molecule has 0 spiro atoms. The van der Waals surface area contributed by atoms with Crippen LogP contribution in [0.3, 0.4) is 0 Å². The number of anilines is 1. The highest BCUT2D eigenvalue weighted by molar-refractivity contribution is 5.38. The molecule has 1 aliphatic rings. The first-order valence-electron chi connectivity index (χ1n) is 6.44. The number of nitriles is 1. The number of nitrogen functional groups attached to an aromatic ring is 1. The molecule has 2 N–H and O–H groups in total. The van der Waals surface area contributed by atoms with Gasteiger partial charge in [0.1, 0.15) is 6.79 Å². The molecule has 0 radical (unpaired) electrons. The van der Waals surface area contributed by atoms with E-state index in [2.05, 4.69) is 11.1 Å². The van der Waals surface area contributed by atoms with Crippen molar-refractivity contribution in [1.29, 1.82) is 5.26 Å². The van der Waals surface area contributed by atoms with Gasteiger partial charge in [-0.15, -0.1) is 0 Å². The minimum Gasteiger partial charge on any atom is -0.397 e. The topological polar surface area (TPSA) is 81.2 Å². The highest BCUT2D eigenvalue weighted by Gasteiger charge is 2.38. The summed E-state index contributed by atoms with van der Waals surface area (Å²) in [7, 11) is 1.61. The zero-order valence-electron chi connectivity index (χ0n) is 11.1. The Bertz CT molecular complexity index is 445. The molecule has 5 nitrogen and oxygen atoms in total. The van der Waals surface area contributed by atoms with Gasteiger partial charge in [0.25, 0.3) is 0 Å². The van der Waals surface area contributed by atoms with Gasteiger partial charge in [-0.05, 0) is 37.8 Å². The second-order valence-electron chi connectivity index (χ2n) is 4.94. The van der Waals surface area contributed by atoms with Crippen LogP contribution < -0.4 is 5.73 Å². The second-order valence-corrected chi connectivity index (χ2v) is 4.94. The summed E-state index contributed by atoms with van der Waals surface area (Å²) in [5.74, 6) is 0. The molecule has 19 heavy (non-hydrogen) atoms. The zero-order chi connectivity index (χ0) is 13.7. The van der Waals surface area contributed by atoms with Gasteiger partial charge in [-0.2, -0.15) is 5.26 Å². The van der Waals surface area contributed by atoms with Gasteiger partial charge < -0.3 is 15.2 Å². The van der Waals surface area contributed by atoms with Crippen LogP contribution in [0.1, 0.15) is 31.4 Å². The predicted molar refractivity (Wildman–Crippen MR) is 71.2 cm³/mol. The monoisotopic (exact) mass is 261 g/mol. The standard InChI is InChI=1S/C14H19N3O2/c1-18-10-19-12-4-6-14(9-15,7-5-12)13-3-2-11(16)8-17-13/h2-3,8,12H,4-7,10,16H2,1H3. The fourth-order valence-corrected chi connectivity index (χ4v) is 2.53. The Kier molecular flexibility index (Phi) is 4.35. The van der Waals surface area contributed by atoms with Crippen LogP contribution in [-0.4, -0.2) is 25.0 Å². The predicted octanol–water partition coefficient (Wildman–Crippen LogP) is 1.99. The summed E-state index contributed by atoms with van der Waals surface area (Å²) in [5.41, 5.74) is 6.57. The molecule has 0 saturated heterocycles. The van der Waals surface area contributed by atoms with Crippen LogP contribution in [0.2, 0.25) is 0 Å². The van der Waals surface area contributed by atoms with Gasteiger partial charge in [-0.25, -0.2) is 0 Å². The molecule has 0 aliphatic heterocycles. The van der Waals surface area contributed by atoms with Gasteiger partial charge >= 0.3 is 0 Å². The fourth-order valence-electron chi connectivity index (χ4n) is 2.53. The van der Waals surface area contributed by atoms with E-state index in [9.17, 15) is 5.26 Å². The van der Waals surface area contributed by atoms with Crippen LogP contribution in [0.15, 0.2) is 18.3 Å². The van der Waals surface area contributed by atoms with Gasteiger partial charge in [0.2, 0.25) is 0 Å². The average molecular weight is 261 g/mol. The maximum atomic E-state index is 9.54. The Morgan fingerprint density at radius 1 is 1.47 bits per heavy atom. The molecule has 102 valence electrons. The molecule has 5 heteroatoms. The molecular formula is C14H19N3O2. The fraction of sp³-hybridized carbons (Fsp3) is 0.571. The summed E-state index contributed by atoms with van der Waals surface area (Å²) in [5, 5.41) is 9.54. The van der Waals surface area contributed by atoms with Crippen LogP contribution in [0, 0.1) is 11.3 Å². The highest BCUT2D eigenvalue weighted by atomic mass is 16.7. The number of nitrogens with zero attached hydrogens (tertiary/aromatic N) is 2. The third kappa shape index (κ3) is 3.03. The van der Waals surface area contributed by atoms with E-state index in [-0.39, 0.29) is 6.10 Å². The van der Waals surface area contributed by atoms with Crippen molar-refractivity contribution in [3.8, 4) is 6.07 Å². The number of rotatable bonds is 4. The van der Waals surface area contributed by atoms with Crippen LogP contribution in [-0.2, 0) is 14.9 Å². The number of pyridine rings is 1. The van der Waals surface area contributed by atoms with Gasteiger partial charge in [0.15, 0.2) is 0 Å². The number of ether oxygens (including phenoxy) is 2. The van der Waals surface area contributed by atoms with Gasteiger partial charge in [0.05, 0.1) is 35.2 Å². The van der Waals surface area contributed by atoms with Crippen molar-refractivity contribution >= 4 is 5.69 Å². The molecule has 2 rings (SSSR count). The lowest BCUT2D eigenvalue weighted by Crippen LogP contribution is -2.34. The van der Waals surface area contributed by atoms with Crippen molar-refractivity contribution in [3.05, 3.63) is 24.0 Å². The average Bonchev–Trinajstić information content (AvgIpc) is 2.46. The Balaban J connectivity index is 2.06. The lowest BCUT2D eigenvalue weighted by atomic mass is 9.72. The summed E-state index contributed by atoms with van der Waals surface area (Å²) in [6.45, 7) is 0.310. The van der Waals surface area contributed by atoms with Crippen molar-refractivity contribution in [2.45, 2.75) is 37.2 Å². The van der Waals surface area contributed by atoms with Gasteiger partial charge in [0, 0.05) is 7.11 Å². The Hall–Kier alpha value is -1.64. The van der Waals surface area contributed by atoms with Crippen molar-refractivity contribution in [2.24, 2.45) is 0 Å². The Morgan fingerprint density at radius 3 is 2.74 bits per heavy atom. The molecule has 1 aromatic heterocycles. The molecule has 0 bridgehead atoms. The Labute approximate surface area is 113 Å². The van der Waals surface area contributed by atoms with Crippen LogP contribution >= 0.6 is 0 Å². The van der Waals surface area contributed by atoms with E-state index >= 15 is 0 Å². The van der Waals surface area contributed by atoms with Crippen molar-refractivity contribution in [1.82, 2.24) is 4.98 Å².